The minimum Gasteiger partial charge on any atom is -0.397 e. The van der Waals surface area contributed by atoms with Crippen LogP contribution in [0.15, 0.2) is 22.9 Å². The number of hydrogen-bond donors (Lipinski definition) is 2. The van der Waals surface area contributed by atoms with E-state index in [0.29, 0.717) is 30.2 Å². The van der Waals surface area contributed by atoms with Crippen LogP contribution in [0.5, 0.6) is 0 Å². The molecule has 0 aliphatic carbocycles. The van der Waals surface area contributed by atoms with Gasteiger partial charge in [0.2, 0.25) is 0 Å². The maximum Gasteiger partial charge on any atom is 0.268 e. The smallest absolute Gasteiger partial charge is 0.268 e. The minimum absolute atomic E-state index is 0.178. The van der Waals surface area contributed by atoms with Crippen LogP contribution in [0, 0.1) is 6.92 Å². The molecule has 6 heteroatoms. The topological polar surface area (TPSA) is 86.1 Å². The van der Waals surface area contributed by atoms with Crippen LogP contribution in [0.25, 0.3) is 0 Å². The van der Waals surface area contributed by atoms with Crippen molar-refractivity contribution in [3.05, 3.63) is 35.5 Å². The number of anilines is 1. The standard InChI is InChI=1S/C12H16N4O2/c1-3-16-7-9(13)5-11(16)12(17)14-6-10-4-8(2)15-18-10/h4-5,7H,3,6,13H2,1-2H3,(H,14,17). The molecular formula is C12H16N4O2. The third kappa shape index (κ3) is 2.53. The van der Waals surface area contributed by atoms with Crippen LogP contribution >= 0.6 is 0 Å². The summed E-state index contributed by atoms with van der Waals surface area (Å²) in [5.41, 5.74) is 7.59. The number of nitrogens with zero attached hydrogens (tertiary/aromatic N) is 2. The van der Waals surface area contributed by atoms with E-state index >= 15 is 0 Å². The van der Waals surface area contributed by atoms with E-state index in [9.17, 15) is 4.79 Å². The molecule has 0 aliphatic heterocycles. The van der Waals surface area contributed by atoms with Gasteiger partial charge in [-0.15, -0.1) is 0 Å². The van der Waals surface area contributed by atoms with Gasteiger partial charge in [0.05, 0.1) is 17.9 Å². The Morgan fingerprint density at radius 3 is 2.94 bits per heavy atom. The first-order valence-corrected chi connectivity index (χ1v) is 5.76. The highest BCUT2D eigenvalue weighted by Crippen LogP contribution is 2.10. The predicted molar refractivity (Wildman–Crippen MR) is 66.9 cm³/mol. The molecule has 0 saturated heterocycles. The Labute approximate surface area is 105 Å². The summed E-state index contributed by atoms with van der Waals surface area (Å²) in [6.07, 6.45) is 1.74. The van der Waals surface area contributed by atoms with Gasteiger partial charge in [-0.2, -0.15) is 0 Å². The minimum atomic E-state index is -0.178. The van der Waals surface area contributed by atoms with E-state index < -0.39 is 0 Å². The monoisotopic (exact) mass is 248 g/mol. The van der Waals surface area contributed by atoms with Gasteiger partial charge >= 0.3 is 0 Å². The highest BCUT2D eigenvalue weighted by atomic mass is 16.5. The third-order valence-corrected chi connectivity index (χ3v) is 2.59. The Balaban J connectivity index is 2.03. The molecule has 96 valence electrons. The normalized spacial score (nSPS) is 10.6. The molecule has 2 aromatic heterocycles. The van der Waals surface area contributed by atoms with E-state index in [1.807, 2.05) is 13.8 Å². The number of nitrogens with one attached hydrogen (secondary N) is 1. The Hall–Kier alpha value is -2.24. The van der Waals surface area contributed by atoms with Gasteiger partial charge in [0, 0.05) is 18.8 Å². The molecule has 2 aromatic rings. The lowest BCUT2D eigenvalue weighted by molar-refractivity contribution is 0.0938. The van der Waals surface area contributed by atoms with Gasteiger partial charge in [0.15, 0.2) is 5.76 Å². The predicted octanol–water partition coefficient (Wildman–Crippen LogP) is 1.32. The van der Waals surface area contributed by atoms with Gasteiger partial charge in [-0.05, 0) is 19.9 Å². The lowest BCUT2D eigenvalue weighted by Crippen LogP contribution is -2.25. The zero-order valence-corrected chi connectivity index (χ0v) is 10.4. The van der Waals surface area contributed by atoms with Crippen LogP contribution in [-0.2, 0) is 13.1 Å². The van der Waals surface area contributed by atoms with Crippen molar-refractivity contribution in [3.63, 3.8) is 0 Å². The number of rotatable bonds is 4. The van der Waals surface area contributed by atoms with Crippen molar-refractivity contribution in [1.29, 1.82) is 0 Å². The van der Waals surface area contributed by atoms with Gasteiger partial charge in [0.1, 0.15) is 5.69 Å². The fourth-order valence-corrected chi connectivity index (χ4v) is 1.74. The van der Waals surface area contributed by atoms with E-state index in [2.05, 4.69) is 10.5 Å². The average molecular weight is 248 g/mol. The fourth-order valence-electron chi connectivity index (χ4n) is 1.74. The van der Waals surface area contributed by atoms with Crippen molar-refractivity contribution >= 4 is 11.6 Å². The van der Waals surface area contributed by atoms with Gasteiger partial charge in [0.25, 0.3) is 5.91 Å². The second kappa shape index (κ2) is 4.95. The molecule has 1 amide bonds. The van der Waals surface area contributed by atoms with Crippen molar-refractivity contribution in [2.45, 2.75) is 26.9 Å². The van der Waals surface area contributed by atoms with Crippen LogP contribution in [0.1, 0.15) is 28.9 Å². The van der Waals surface area contributed by atoms with Gasteiger partial charge in [-0.3, -0.25) is 4.79 Å². The van der Waals surface area contributed by atoms with E-state index in [1.165, 1.54) is 0 Å². The summed E-state index contributed by atoms with van der Waals surface area (Å²) in [6.45, 7) is 4.80. The number of hydrogen-bond acceptors (Lipinski definition) is 4. The highest BCUT2D eigenvalue weighted by molar-refractivity contribution is 5.93. The average Bonchev–Trinajstić information content (AvgIpc) is 2.92. The number of nitrogens with two attached hydrogens (primary N) is 1. The second-order valence-corrected chi connectivity index (χ2v) is 4.06. The van der Waals surface area contributed by atoms with Crippen molar-refractivity contribution in [1.82, 2.24) is 15.0 Å². The molecule has 3 N–H and O–H groups in total. The van der Waals surface area contributed by atoms with Crippen molar-refractivity contribution in [2.24, 2.45) is 0 Å². The number of aromatic nitrogens is 2. The van der Waals surface area contributed by atoms with Crippen LogP contribution in [0.2, 0.25) is 0 Å². The molecule has 0 unspecified atom stereocenters. The maximum absolute atomic E-state index is 12.0. The Morgan fingerprint density at radius 1 is 1.56 bits per heavy atom. The lowest BCUT2D eigenvalue weighted by Gasteiger charge is -2.05. The van der Waals surface area contributed by atoms with Crippen molar-refractivity contribution < 1.29 is 9.32 Å². The van der Waals surface area contributed by atoms with Crippen LogP contribution in [0.3, 0.4) is 0 Å². The quantitative estimate of drug-likeness (QED) is 0.854. The fraction of sp³-hybridized carbons (Fsp3) is 0.333. The molecule has 0 bridgehead atoms. The van der Waals surface area contributed by atoms with E-state index in [4.69, 9.17) is 10.3 Å². The number of nitrogen functional groups attached to an aromatic ring is 1. The summed E-state index contributed by atoms with van der Waals surface area (Å²) in [5.74, 6) is 0.450. The SMILES string of the molecule is CCn1cc(N)cc1C(=O)NCc1cc(C)no1. The number of carbonyl (C=O) groups is 1. The zero-order valence-electron chi connectivity index (χ0n) is 10.4. The molecule has 0 radical (unpaired) electrons. The molecule has 0 saturated carbocycles. The largest absolute Gasteiger partial charge is 0.397 e. The molecule has 0 fully saturated rings. The molecule has 18 heavy (non-hydrogen) atoms. The zero-order chi connectivity index (χ0) is 13.1. The van der Waals surface area contributed by atoms with Gasteiger partial charge in [-0.1, -0.05) is 5.16 Å². The van der Waals surface area contributed by atoms with Gasteiger partial charge < -0.3 is 20.1 Å². The summed E-state index contributed by atoms with van der Waals surface area (Å²) in [7, 11) is 0. The van der Waals surface area contributed by atoms with Crippen molar-refractivity contribution in [2.75, 3.05) is 5.73 Å². The van der Waals surface area contributed by atoms with E-state index in [0.717, 1.165) is 5.69 Å². The van der Waals surface area contributed by atoms with Crippen molar-refractivity contribution in [3.8, 4) is 0 Å². The second-order valence-electron chi connectivity index (χ2n) is 4.06. The summed E-state index contributed by atoms with van der Waals surface area (Å²) in [5, 5.41) is 6.52. The van der Waals surface area contributed by atoms with Crippen LogP contribution in [0.4, 0.5) is 5.69 Å². The summed E-state index contributed by atoms with van der Waals surface area (Å²) < 4.78 is 6.82. The molecule has 0 aliphatic rings. The molecule has 6 nitrogen and oxygen atoms in total. The molecule has 0 spiro atoms. The number of amides is 1. The van der Waals surface area contributed by atoms with Gasteiger partial charge in [-0.25, -0.2) is 0 Å². The highest BCUT2D eigenvalue weighted by Gasteiger charge is 2.12. The first-order chi connectivity index (χ1) is 8.60. The Bertz CT molecular complexity index is 556. The van der Waals surface area contributed by atoms with E-state index in [1.54, 1.807) is 22.9 Å². The maximum atomic E-state index is 12.0. The summed E-state index contributed by atoms with van der Waals surface area (Å²) >= 11 is 0. The molecule has 0 atom stereocenters. The van der Waals surface area contributed by atoms with Crippen LogP contribution in [-0.4, -0.2) is 15.6 Å². The summed E-state index contributed by atoms with van der Waals surface area (Å²) in [4.78, 5) is 12.0. The third-order valence-electron chi connectivity index (χ3n) is 2.59. The number of aryl methyl sites for hydroxylation is 2. The molecule has 2 heterocycles. The lowest BCUT2D eigenvalue weighted by atomic mass is 10.3. The molecule has 0 aromatic carbocycles. The Morgan fingerprint density at radius 2 is 2.33 bits per heavy atom. The Kier molecular flexibility index (Phi) is 3.36. The van der Waals surface area contributed by atoms with E-state index in [-0.39, 0.29) is 5.91 Å². The summed E-state index contributed by atoms with van der Waals surface area (Å²) in [6, 6.07) is 3.44. The first-order valence-electron chi connectivity index (χ1n) is 5.76. The molecule has 2 rings (SSSR count). The first kappa shape index (κ1) is 12.2. The molecular weight excluding hydrogens is 232 g/mol. The number of carbonyl (C=O) groups excluding carboxylic acids is 1. The van der Waals surface area contributed by atoms with Crippen LogP contribution < -0.4 is 11.1 Å².